The Labute approximate surface area is 142 Å². The number of nitrogens with one attached hydrogen (secondary N) is 1. The van der Waals surface area contributed by atoms with E-state index >= 15 is 0 Å². The molecule has 2 aromatic rings. The zero-order chi connectivity index (χ0) is 15.6. The average molecular weight is 433 g/mol. The van der Waals surface area contributed by atoms with Gasteiger partial charge in [0, 0.05) is 20.2 Å². The van der Waals surface area contributed by atoms with Gasteiger partial charge in [-0.1, -0.05) is 43.5 Å². The van der Waals surface area contributed by atoms with Crippen LogP contribution in [0.15, 0.2) is 45.3 Å². The van der Waals surface area contributed by atoms with Crippen molar-refractivity contribution < 1.29 is 14.7 Å². The van der Waals surface area contributed by atoms with Crippen molar-refractivity contribution in [3.8, 4) is 0 Å². The lowest BCUT2D eigenvalue weighted by molar-refractivity contribution is 0.0697. The minimum Gasteiger partial charge on any atom is -0.478 e. The van der Waals surface area contributed by atoms with Gasteiger partial charge in [-0.15, -0.1) is 0 Å². The maximum absolute atomic E-state index is 12.1. The second kappa shape index (κ2) is 6.60. The molecule has 0 aliphatic carbocycles. The lowest BCUT2D eigenvalue weighted by Crippen LogP contribution is -2.12. The van der Waals surface area contributed by atoms with Crippen LogP contribution in [0.2, 0.25) is 5.02 Å². The number of anilines is 1. The van der Waals surface area contributed by atoms with Crippen molar-refractivity contribution in [2.75, 3.05) is 5.32 Å². The van der Waals surface area contributed by atoms with E-state index in [2.05, 4.69) is 37.2 Å². The number of carbonyl (C=O) groups excluding carboxylic acids is 1. The van der Waals surface area contributed by atoms with E-state index in [1.165, 1.54) is 18.2 Å². The van der Waals surface area contributed by atoms with Gasteiger partial charge in [0.05, 0.1) is 10.6 Å². The molecular formula is C14H8Br2ClNO3. The molecule has 108 valence electrons. The third-order valence-corrected chi connectivity index (χ3v) is 3.81. The van der Waals surface area contributed by atoms with Crippen LogP contribution in [0.5, 0.6) is 0 Å². The number of rotatable bonds is 3. The van der Waals surface area contributed by atoms with Crippen molar-refractivity contribution in [2.45, 2.75) is 0 Å². The molecule has 21 heavy (non-hydrogen) atoms. The number of carbonyl (C=O) groups is 2. The van der Waals surface area contributed by atoms with E-state index in [-0.39, 0.29) is 16.5 Å². The van der Waals surface area contributed by atoms with E-state index in [1.54, 1.807) is 12.1 Å². The molecule has 0 saturated carbocycles. The number of carboxylic acids is 1. The average Bonchev–Trinajstić information content (AvgIpc) is 2.37. The fraction of sp³-hybridized carbons (Fsp3) is 0. The van der Waals surface area contributed by atoms with E-state index in [1.807, 2.05) is 6.07 Å². The maximum atomic E-state index is 12.1. The summed E-state index contributed by atoms with van der Waals surface area (Å²) in [4.78, 5) is 23.0. The lowest BCUT2D eigenvalue weighted by atomic mass is 10.2. The van der Waals surface area contributed by atoms with Crippen LogP contribution in [0.4, 0.5) is 5.69 Å². The van der Waals surface area contributed by atoms with Gasteiger partial charge in [0.25, 0.3) is 5.91 Å². The zero-order valence-electron chi connectivity index (χ0n) is 10.4. The Bertz CT molecular complexity index is 714. The Balaban J connectivity index is 2.23. The van der Waals surface area contributed by atoms with Gasteiger partial charge >= 0.3 is 5.97 Å². The summed E-state index contributed by atoms with van der Waals surface area (Å²) in [7, 11) is 0. The van der Waals surface area contributed by atoms with Crippen molar-refractivity contribution in [2.24, 2.45) is 0 Å². The molecule has 2 N–H and O–H groups in total. The summed E-state index contributed by atoms with van der Waals surface area (Å²) in [6, 6.07) is 9.39. The fourth-order valence-electron chi connectivity index (χ4n) is 1.65. The molecule has 2 rings (SSSR count). The molecule has 0 radical (unpaired) electrons. The molecule has 0 bridgehead atoms. The minimum absolute atomic E-state index is 0.0140. The summed E-state index contributed by atoms with van der Waals surface area (Å²) in [5.74, 6) is -1.44. The highest BCUT2D eigenvalue weighted by Gasteiger charge is 2.12. The molecule has 7 heteroatoms. The Morgan fingerprint density at radius 2 is 1.67 bits per heavy atom. The molecule has 4 nitrogen and oxygen atoms in total. The van der Waals surface area contributed by atoms with Gasteiger partial charge in [-0.3, -0.25) is 4.79 Å². The molecule has 0 unspecified atom stereocenters. The monoisotopic (exact) mass is 431 g/mol. The predicted molar refractivity (Wildman–Crippen MR) is 88.2 cm³/mol. The first-order valence-electron chi connectivity index (χ1n) is 5.67. The lowest BCUT2D eigenvalue weighted by Gasteiger charge is -2.08. The van der Waals surface area contributed by atoms with Crippen molar-refractivity contribution in [3.05, 3.63) is 61.5 Å². The maximum Gasteiger partial charge on any atom is 0.337 e. The van der Waals surface area contributed by atoms with Crippen LogP contribution in [-0.2, 0) is 0 Å². The molecule has 0 spiro atoms. The van der Waals surface area contributed by atoms with E-state index in [4.69, 9.17) is 16.7 Å². The first kappa shape index (κ1) is 16.0. The van der Waals surface area contributed by atoms with Crippen LogP contribution in [0.25, 0.3) is 0 Å². The summed E-state index contributed by atoms with van der Waals surface area (Å²) >= 11 is 12.5. The molecule has 0 aromatic heterocycles. The van der Waals surface area contributed by atoms with Gasteiger partial charge in [-0.25, -0.2) is 4.79 Å². The molecule has 0 atom stereocenters. The second-order valence-corrected chi connectivity index (χ2v) is 6.35. The van der Waals surface area contributed by atoms with Crippen LogP contribution in [0.3, 0.4) is 0 Å². The summed E-state index contributed by atoms with van der Waals surface area (Å²) in [5, 5.41) is 11.6. The highest BCUT2D eigenvalue weighted by atomic mass is 79.9. The third kappa shape index (κ3) is 4.06. The Morgan fingerprint density at radius 3 is 2.19 bits per heavy atom. The topological polar surface area (TPSA) is 66.4 Å². The number of amides is 1. The van der Waals surface area contributed by atoms with Crippen molar-refractivity contribution in [3.63, 3.8) is 0 Å². The number of hydrogen-bond acceptors (Lipinski definition) is 2. The van der Waals surface area contributed by atoms with Crippen molar-refractivity contribution in [1.82, 2.24) is 0 Å². The number of hydrogen-bond donors (Lipinski definition) is 2. The largest absolute Gasteiger partial charge is 0.478 e. The molecule has 0 aliphatic heterocycles. The number of halogens is 3. The zero-order valence-corrected chi connectivity index (χ0v) is 14.3. The molecule has 0 saturated heterocycles. The predicted octanol–water partition coefficient (Wildman–Crippen LogP) is 4.82. The summed E-state index contributed by atoms with van der Waals surface area (Å²) in [6.45, 7) is 0. The molecule has 0 aliphatic rings. The summed E-state index contributed by atoms with van der Waals surface area (Å²) in [5.41, 5.74) is 0.862. The van der Waals surface area contributed by atoms with Crippen LogP contribution in [0, 0.1) is 0 Å². The van der Waals surface area contributed by atoms with Gasteiger partial charge in [-0.2, -0.15) is 0 Å². The van der Waals surface area contributed by atoms with Crippen molar-refractivity contribution in [1.29, 1.82) is 0 Å². The van der Waals surface area contributed by atoms with Gasteiger partial charge in [0.2, 0.25) is 0 Å². The van der Waals surface area contributed by atoms with Gasteiger partial charge < -0.3 is 10.4 Å². The number of aromatic carboxylic acids is 1. The highest BCUT2D eigenvalue weighted by Crippen LogP contribution is 2.23. The molecule has 0 fully saturated rings. The Hall–Kier alpha value is -1.37. The molecule has 1 amide bonds. The SMILES string of the molecule is O=C(Nc1ccc(C(=O)O)c(Cl)c1)c1cc(Br)cc(Br)c1. The van der Waals surface area contributed by atoms with Crippen LogP contribution >= 0.6 is 43.5 Å². The molecule has 0 heterocycles. The number of benzene rings is 2. The van der Waals surface area contributed by atoms with E-state index < -0.39 is 5.97 Å². The van der Waals surface area contributed by atoms with Gasteiger partial charge in [0.15, 0.2) is 0 Å². The normalized spacial score (nSPS) is 10.2. The summed E-state index contributed by atoms with van der Waals surface area (Å²) < 4.78 is 1.53. The van der Waals surface area contributed by atoms with Crippen LogP contribution in [-0.4, -0.2) is 17.0 Å². The van der Waals surface area contributed by atoms with Crippen molar-refractivity contribution >= 4 is 61.0 Å². The Morgan fingerprint density at radius 1 is 1.05 bits per heavy atom. The smallest absolute Gasteiger partial charge is 0.337 e. The second-order valence-electron chi connectivity index (χ2n) is 4.11. The fourth-order valence-corrected chi connectivity index (χ4v) is 3.21. The van der Waals surface area contributed by atoms with E-state index in [9.17, 15) is 9.59 Å². The highest BCUT2D eigenvalue weighted by molar-refractivity contribution is 9.11. The van der Waals surface area contributed by atoms with E-state index in [0.29, 0.717) is 11.3 Å². The Kier molecular flexibility index (Phi) is 5.03. The summed E-state index contributed by atoms with van der Waals surface area (Å²) in [6.07, 6.45) is 0. The number of carboxylic acid groups (broad SMARTS) is 1. The van der Waals surface area contributed by atoms with Crippen LogP contribution < -0.4 is 5.32 Å². The van der Waals surface area contributed by atoms with Crippen LogP contribution in [0.1, 0.15) is 20.7 Å². The minimum atomic E-state index is -1.12. The quantitative estimate of drug-likeness (QED) is 0.730. The van der Waals surface area contributed by atoms with Gasteiger partial charge in [-0.05, 0) is 36.4 Å². The first-order chi connectivity index (χ1) is 9.86. The molecule has 2 aromatic carbocycles. The van der Waals surface area contributed by atoms with Gasteiger partial charge in [0.1, 0.15) is 0 Å². The van der Waals surface area contributed by atoms with E-state index in [0.717, 1.165) is 8.95 Å². The third-order valence-electron chi connectivity index (χ3n) is 2.58. The standard InChI is InChI=1S/C14H8Br2ClNO3/c15-8-3-7(4-9(16)5-8)13(19)18-10-1-2-11(14(20)21)12(17)6-10/h1-6H,(H,18,19)(H,20,21). The first-order valence-corrected chi connectivity index (χ1v) is 7.63. The molecular weight excluding hydrogens is 425 g/mol.